The second kappa shape index (κ2) is 12.3. The number of hydrogen-bond donors (Lipinski definition) is 0. The molecule has 25 heavy (non-hydrogen) atoms. The summed E-state index contributed by atoms with van der Waals surface area (Å²) in [6, 6.07) is 0. The summed E-state index contributed by atoms with van der Waals surface area (Å²) >= 11 is 4.42. The number of rotatable bonds is 13. The van der Waals surface area contributed by atoms with Gasteiger partial charge in [-0.1, -0.05) is 0 Å². The fraction of sp³-hybridized carbons (Fsp3) is 0.762. The van der Waals surface area contributed by atoms with Gasteiger partial charge in [0.25, 0.3) is 0 Å². The first-order chi connectivity index (χ1) is 11.8. The summed E-state index contributed by atoms with van der Waals surface area (Å²) in [5.74, 6) is -0.243. The molecule has 0 spiro atoms. The van der Waals surface area contributed by atoms with Crippen LogP contribution in [0.2, 0.25) is 0 Å². The van der Waals surface area contributed by atoms with E-state index >= 15 is 0 Å². The minimum absolute atomic E-state index is 0.243. The molecular weight excluding hydrogens is 395 g/mol. The van der Waals surface area contributed by atoms with Gasteiger partial charge in [-0.2, -0.15) is 0 Å². The molecule has 0 aliphatic heterocycles. The summed E-state index contributed by atoms with van der Waals surface area (Å²) in [7, 11) is 1.45. The van der Waals surface area contributed by atoms with Crippen molar-refractivity contribution in [1.29, 1.82) is 0 Å². The minimum atomic E-state index is -1.97. The van der Waals surface area contributed by atoms with Crippen molar-refractivity contribution >= 4 is 26.8 Å². The zero-order valence-corrected chi connectivity index (χ0v) is 19.8. The van der Waals surface area contributed by atoms with Gasteiger partial charge in [0.2, 0.25) is 0 Å². The number of halogens is 1. The quantitative estimate of drug-likeness (QED) is 0.131. The fourth-order valence-electron chi connectivity index (χ4n) is 3.54. The molecule has 0 aromatic heterocycles. The summed E-state index contributed by atoms with van der Waals surface area (Å²) in [5, 5.41) is -1.97. The van der Waals surface area contributed by atoms with E-state index < -0.39 is 5.31 Å². The number of allylic oxidation sites excluding steroid dienone is 2. The second-order valence-electron chi connectivity index (χ2n) is 7.44. The van der Waals surface area contributed by atoms with Crippen molar-refractivity contribution in [2.45, 2.75) is 73.1 Å². The van der Waals surface area contributed by atoms with Crippen LogP contribution in [0.25, 0.3) is 0 Å². The summed E-state index contributed by atoms with van der Waals surface area (Å²) in [6.07, 6.45) is 16.5. The predicted molar refractivity (Wildman–Crippen MR) is 120 cm³/mol. The van der Waals surface area contributed by atoms with Crippen molar-refractivity contribution < 1.29 is 9.53 Å². The normalized spacial score (nSPS) is 14.9. The topological polar surface area (TPSA) is 26.3 Å². The van der Waals surface area contributed by atoms with Gasteiger partial charge in [0.1, 0.15) is 0 Å². The Kier molecular flexibility index (Phi) is 12.2. The van der Waals surface area contributed by atoms with Crippen LogP contribution in [0.1, 0.15) is 73.1 Å². The molecule has 0 rings (SSSR count). The van der Waals surface area contributed by atoms with Crippen molar-refractivity contribution in [2.75, 3.05) is 31.8 Å². The molecule has 0 amide bonds. The van der Waals surface area contributed by atoms with Crippen molar-refractivity contribution in [3.05, 3.63) is 23.3 Å². The van der Waals surface area contributed by atoms with Gasteiger partial charge in [0.15, 0.2) is 0 Å². The van der Waals surface area contributed by atoms with Crippen molar-refractivity contribution in [3.8, 4) is 0 Å². The Labute approximate surface area is 164 Å². The van der Waals surface area contributed by atoms with E-state index in [1.165, 1.54) is 69.7 Å². The molecule has 0 saturated carbocycles. The number of methoxy groups -OCH3 is 1. The standard InChI is InChI=1S/C21H40BrO2P/c1-7-11-14-25(22,15-12-8-2,16-13-9-3)18-19(5)17-20(10-4)21(23)24-6/h10,17H,7-9,11-16,18H2,1-6H3. The number of unbranched alkanes of at least 4 members (excludes halogenated alkanes) is 3. The molecule has 0 fully saturated rings. The number of ether oxygens (including phenoxy) is 1. The maximum atomic E-state index is 11.9. The molecule has 2 nitrogen and oxygen atoms in total. The van der Waals surface area contributed by atoms with Gasteiger partial charge in [-0.15, -0.1) is 0 Å². The number of esters is 1. The van der Waals surface area contributed by atoms with E-state index in [2.05, 4.69) is 43.2 Å². The van der Waals surface area contributed by atoms with Gasteiger partial charge in [0, 0.05) is 0 Å². The molecule has 0 heterocycles. The van der Waals surface area contributed by atoms with Gasteiger partial charge >= 0.3 is 164 Å². The van der Waals surface area contributed by atoms with Crippen LogP contribution in [0, 0.1) is 0 Å². The molecule has 0 radical (unpaired) electrons. The van der Waals surface area contributed by atoms with Crippen LogP contribution in [-0.4, -0.2) is 37.7 Å². The second-order valence-corrected chi connectivity index (χ2v) is 18.8. The summed E-state index contributed by atoms with van der Waals surface area (Å²) in [4.78, 5) is 11.9. The Bertz CT molecular complexity index is 444. The molecule has 0 aliphatic carbocycles. The van der Waals surface area contributed by atoms with E-state index in [1.807, 2.05) is 19.1 Å². The zero-order chi connectivity index (χ0) is 19.4. The molecule has 0 unspecified atom stereocenters. The van der Waals surface area contributed by atoms with E-state index in [0.717, 1.165) is 6.16 Å². The van der Waals surface area contributed by atoms with Crippen LogP contribution in [0.5, 0.6) is 0 Å². The molecule has 0 atom stereocenters. The Balaban J connectivity index is 5.66. The van der Waals surface area contributed by atoms with Crippen LogP contribution in [0.15, 0.2) is 23.3 Å². The fourth-order valence-corrected chi connectivity index (χ4v) is 12.8. The summed E-state index contributed by atoms with van der Waals surface area (Å²) in [5.41, 5.74) is 1.97. The molecule has 0 aromatic rings. The first-order valence-corrected chi connectivity index (χ1v) is 14.9. The molecule has 0 aliphatic rings. The van der Waals surface area contributed by atoms with Crippen LogP contribution in [0.4, 0.5) is 0 Å². The van der Waals surface area contributed by atoms with Gasteiger partial charge < -0.3 is 0 Å². The number of carbonyl (C=O) groups is 1. The van der Waals surface area contributed by atoms with Crippen LogP contribution in [-0.2, 0) is 9.53 Å². The molecule has 0 bridgehead atoms. The van der Waals surface area contributed by atoms with Gasteiger partial charge in [-0.25, -0.2) is 0 Å². The van der Waals surface area contributed by atoms with Crippen molar-refractivity contribution in [2.24, 2.45) is 0 Å². The third-order valence-corrected chi connectivity index (χ3v) is 14.5. The van der Waals surface area contributed by atoms with E-state index in [4.69, 9.17) is 4.74 Å². The Hall–Kier alpha value is -0.140. The third kappa shape index (κ3) is 8.87. The van der Waals surface area contributed by atoms with E-state index in [1.54, 1.807) is 0 Å². The first kappa shape index (κ1) is 24.9. The Morgan fingerprint density at radius 3 is 1.76 bits per heavy atom. The molecule has 0 N–H and O–H groups in total. The van der Waals surface area contributed by atoms with Crippen molar-refractivity contribution in [3.63, 3.8) is 0 Å². The zero-order valence-electron chi connectivity index (χ0n) is 17.4. The van der Waals surface area contributed by atoms with E-state index in [0.29, 0.717) is 5.57 Å². The first-order valence-electron chi connectivity index (χ1n) is 9.92. The van der Waals surface area contributed by atoms with Crippen LogP contribution < -0.4 is 0 Å². The van der Waals surface area contributed by atoms with E-state index in [9.17, 15) is 4.79 Å². The Morgan fingerprint density at radius 2 is 1.44 bits per heavy atom. The van der Waals surface area contributed by atoms with Gasteiger partial charge in [-0.3, -0.25) is 0 Å². The van der Waals surface area contributed by atoms with Crippen LogP contribution >= 0.6 is 20.8 Å². The molecule has 0 saturated heterocycles. The maximum absolute atomic E-state index is 11.9. The molecule has 4 heteroatoms. The average molecular weight is 435 g/mol. The molecule has 0 aromatic carbocycles. The number of hydrogen-bond acceptors (Lipinski definition) is 2. The summed E-state index contributed by atoms with van der Waals surface area (Å²) in [6.45, 7) is 10.9. The van der Waals surface area contributed by atoms with Gasteiger partial charge in [-0.05, 0) is 0 Å². The van der Waals surface area contributed by atoms with Crippen molar-refractivity contribution in [1.82, 2.24) is 0 Å². The predicted octanol–water partition coefficient (Wildman–Crippen LogP) is 7.32. The third-order valence-electron chi connectivity index (χ3n) is 4.99. The SMILES string of the molecule is CC=C(C=C(C)CP(Br)(CCCC)(CCCC)CCCC)C(=O)OC. The number of carbonyl (C=O) groups excluding carboxylic acids is 1. The average Bonchev–Trinajstić information content (AvgIpc) is 2.61. The summed E-state index contributed by atoms with van der Waals surface area (Å²) < 4.78 is 4.90. The monoisotopic (exact) mass is 434 g/mol. The van der Waals surface area contributed by atoms with E-state index in [-0.39, 0.29) is 5.97 Å². The van der Waals surface area contributed by atoms with Crippen LogP contribution in [0.3, 0.4) is 0 Å². The van der Waals surface area contributed by atoms with Gasteiger partial charge in [0.05, 0.1) is 0 Å². The molecular formula is C21H40BrO2P. The molecule has 148 valence electrons. The Morgan fingerprint density at radius 1 is 1.00 bits per heavy atom.